The molecule has 0 spiro atoms. The molecule has 0 saturated carbocycles. The highest BCUT2D eigenvalue weighted by atomic mass is 31.2. The highest BCUT2D eigenvalue weighted by Crippen LogP contribution is 2.48. The van der Waals surface area contributed by atoms with Crippen LogP contribution in [-0.4, -0.2) is 56.9 Å². The second kappa shape index (κ2) is 8.54. The van der Waals surface area contributed by atoms with E-state index in [9.17, 15) is 14.5 Å². The minimum atomic E-state index is -3.39. The van der Waals surface area contributed by atoms with Gasteiger partial charge >= 0.3 is 7.60 Å². The van der Waals surface area contributed by atoms with Gasteiger partial charge in [-0.05, 0) is 13.8 Å². The average Bonchev–Trinajstić information content (AvgIpc) is 2.95. The summed E-state index contributed by atoms with van der Waals surface area (Å²) in [5, 5.41) is 9.52. The van der Waals surface area contributed by atoms with Crippen LogP contribution in [0.4, 0.5) is 5.95 Å². The van der Waals surface area contributed by atoms with E-state index in [1.165, 1.54) is 10.9 Å². The van der Waals surface area contributed by atoms with Crippen LogP contribution in [0.15, 0.2) is 11.1 Å². The number of imidazole rings is 1. The minimum absolute atomic E-state index is 0.0436. The molecule has 0 fully saturated rings. The van der Waals surface area contributed by atoms with Gasteiger partial charge in [0.2, 0.25) is 5.95 Å². The molecule has 1 atom stereocenters. The van der Waals surface area contributed by atoms with Crippen molar-refractivity contribution in [3.8, 4) is 0 Å². The van der Waals surface area contributed by atoms with Crippen molar-refractivity contribution in [2.75, 3.05) is 31.9 Å². The van der Waals surface area contributed by atoms with Crippen LogP contribution >= 0.6 is 7.60 Å². The summed E-state index contributed by atoms with van der Waals surface area (Å²) in [5.41, 5.74) is 5.47. The van der Waals surface area contributed by atoms with E-state index in [2.05, 4.69) is 15.0 Å². The largest absolute Gasteiger partial charge is 0.394 e. The number of hydrogen-bond donors (Lipinski definition) is 3. The molecule has 0 amide bonds. The maximum atomic E-state index is 12.4. The van der Waals surface area contributed by atoms with Gasteiger partial charge in [0.05, 0.1) is 38.8 Å². The summed E-state index contributed by atoms with van der Waals surface area (Å²) in [5.74, 6) is -0.0436. The van der Waals surface area contributed by atoms with Crippen molar-refractivity contribution >= 4 is 24.7 Å². The Morgan fingerprint density at radius 3 is 2.68 bits per heavy atom. The van der Waals surface area contributed by atoms with Gasteiger partial charge < -0.3 is 29.2 Å². The van der Waals surface area contributed by atoms with Crippen molar-refractivity contribution in [1.29, 1.82) is 0 Å². The number of nitrogens with zero attached hydrogens (tertiary/aromatic N) is 3. The third-order valence-corrected chi connectivity index (χ3v) is 4.99. The normalized spacial score (nSPS) is 13.4. The Bertz CT molecular complexity index is 796. The fraction of sp³-hybridized carbons (Fsp3) is 0.615. The number of hydrogen-bond acceptors (Lipinski definition) is 9. The smallest absolute Gasteiger partial charge is 0.356 e. The molecular formula is C13H22N5O6P. The Kier molecular flexibility index (Phi) is 6.68. The summed E-state index contributed by atoms with van der Waals surface area (Å²) < 4.78 is 29.7. The molecule has 2 aromatic rings. The van der Waals surface area contributed by atoms with Crippen LogP contribution < -0.4 is 11.3 Å². The molecule has 0 saturated heterocycles. The molecular weight excluding hydrogens is 353 g/mol. The number of anilines is 1. The van der Waals surface area contributed by atoms with E-state index in [4.69, 9.17) is 19.5 Å². The molecule has 0 bridgehead atoms. The summed E-state index contributed by atoms with van der Waals surface area (Å²) in [6.45, 7) is 3.59. The standard InChI is InChI=1S/C13H22N5O6P/c1-3-23-25(21,24-4-2)8-22-9(6-19)5-18-7-15-10-11(18)16-13(14)17-12(10)20/h7,9,19H,3-6,8H2,1-2H3,(H3,14,16,17,20)/t9-/m0/s1. The number of rotatable bonds is 10. The number of nitrogens with two attached hydrogens (primary N) is 1. The molecule has 11 nitrogen and oxygen atoms in total. The number of ether oxygens (including phenoxy) is 1. The number of aliphatic hydroxyl groups is 1. The van der Waals surface area contributed by atoms with Crippen molar-refractivity contribution in [1.82, 2.24) is 19.5 Å². The molecule has 0 aliphatic heterocycles. The quantitative estimate of drug-likeness (QED) is 0.497. The lowest BCUT2D eigenvalue weighted by molar-refractivity contribution is 0.0161. The summed E-state index contributed by atoms with van der Waals surface area (Å²) in [7, 11) is -3.39. The summed E-state index contributed by atoms with van der Waals surface area (Å²) >= 11 is 0. The molecule has 25 heavy (non-hydrogen) atoms. The highest BCUT2D eigenvalue weighted by Gasteiger charge is 2.26. The average molecular weight is 375 g/mol. The number of H-pyrrole nitrogens is 1. The first kappa shape index (κ1) is 19.5. The summed E-state index contributed by atoms with van der Waals surface area (Å²) in [6.07, 6.45) is 0.361. The van der Waals surface area contributed by atoms with Gasteiger partial charge in [-0.2, -0.15) is 4.98 Å². The number of aliphatic hydroxyl groups excluding tert-OH is 1. The van der Waals surface area contributed by atoms with Crippen molar-refractivity contribution < 1.29 is 23.5 Å². The lowest BCUT2D eigenvalue weighted by atomic mass is 10.3. The van der Waals surface area contributed by atoms with Crippen molar-refractivity contribution in [3.05, 3.63) is 16.7 Å². The first-order valence-electron chi connectivity index (χ1n) is 7.73. The molecule has 2 heterocycles. The van der Waals surface area contributed by atoms with Crippen LogP contribution in [0.2, 0.25) is 0 Å². The topological polar surface area (TPSA) is 155 Å². The molecule has 0 radical (unpaired) electrons. The second-order valence-electron chi connectivity index (χ2n) is 5.07. The Hall–Kier alpha value is -1.78. The molecule has 2 rings (SSSR count). The lowest BCUT2D eigenvalue weighted by Crippen LogP contribution is -2.25. The summed E-state index contributed by atoms with van der Waals surface area (Å²) in [6, 6.07) is 0. The van der Waals surface area contributed by atoms with Crippen LogP contribution in [0.3, 0.4) is 0 Å². The number of nitrogens with one attached hydrogen (secondary N) is 1. The first-order chi connectivity index (χ1) is 11.9. The van der Waals surface area contributed by atoms with E-state index in [-0.39, 0.29) is 49.8 Å². The Balaban J connectivity index is 2.12. The molecule has 140 valence electrons. The zero-order chi connectivity index (χ0) is 18.4. The number of aromatic nitrogens is 4. The Labute approximate surface area is 143 Å². The fourth-order valence-corrected chi connectivity index (χ4v) is 3.59. The van der Waals surface area contributed by atoms with Crippen LogP contribution in [-0.2, 0) is 24.9 Å². The monoisotopic (exact) mass is 375 g/mol. The number of nitrogen functional groups attached to an aromatic ring is 1. The fourth-order valence-electron chi connectivity index (χ4n) is 2.19. The zero-order valence-corrected chi connectivity index (χ0v) is 14.9. The SMILES string of the molecule is CCOP(=O)(CO[C@H](CO)Cn1cnc2c(=O)[nH]c(N)nc21)OCC. The van der Waals surface area contributed by atoms with Gasteiger partial charge in [0, 0.05) is 0 Å². The minimum Gasteiger partial charge on any atom is -0.394 e. The third-order valence-electron chi connectivity index (χ3n) is 3.22. The summed E-state index contributed by atoms with van der Waals surface area (Å²) in [4.78, 5) is 22.1. The van der Waals surface area contributed by atoms with Crippen molar-refractivity contribution in [3.63, 3.8) is 0 Å². The second-order valence-corrected chi connectivity index (χ2v) is 7.06. The van der Waals surface area contributed by atoms with Gasteiger partial charge in [0.15, 0.2) is 11.2 Å². The van der Waals surface area contributed by atoms with Crippen molar-refractivity contribution in [2.45, 2.75) is 26.5 Å². The number of fused-ring (bicyclic) bond motifs is 1. The van der Waals surface area contributed by atoms with Crippen LogP contribution in [0.1, 0.15) is 13.8 Å². The molecule has 0 aliphatic rings. The predicted octanol–water partition coefficient (Wildman–Crippen LogP) is 0.303. The first-order valence-corrected chi connectivity index (χ1v) is 9.46. The van der Waals surface area contributed by atoms with Crippen molar-refractivity contribution in [2.24, 2.45) is 0 Å². The highest BCUT2D eigenvalue weighted by molar-refractivity contribution is 7.53. The molecule has 0 aromatic carbocycles. The van der Waals surface area contributed by atoms with Crippen LogP contribution in [0.5, 0.6) is 0 Å². The van der Waals surface area contributed by atoms with Crippen LogP contribution in [0, 0.1) is 0 Å². The molecule has 0 aliphatic carbocycles. The molecule has 2 aromatic heterocycles. The van der Waals surface area contributed by atoms with E-state index >= 15 is 0 Å². The maximum absolute atomic E-state index is 12.4. The Morgan fingerprint density at radius 1 is 1.40 bits per heavy atom. The van der Waals surface area contributed by atoms with E-state index < -0.39 is 19.3 Å². The molecule has 0 unspecified atom stereocenters. The third kappa shape index (κ3) is 4.86. The van der Waals surface area contributed by atoms with E-state index in [0.29, 0.717) is 0 Å². The van der Waals surface area contributed by atoms with E-state index in [0.717, 1.165) is 0 Å². The van der Waals surface area contributed by atoms with Gasteiger partial charge in [0.1, 0.15) is 6.35 Å². The molecule has 12 heteroatoms. The Morgan fingerprint density at radius 2 is 2.08 bits per heavy atom. The van der Waals surface area contributed by atoms with E-state index in [1.807, 2.05) is 0 Å². The predicted molar refractivity (Wildman–Crippen MR) is 90.2 cm³/mol. The number of aromatic amines is 1. The van der Waals surface area contributed by atoms with Gasteiger partial charge in [-0.1, -0.05) is 0 Å². The van der Waals surface area contributed by atoms with Crippen LogP contribution in [0.25, 0.3) is 11.2 Å². The maximum Gasteiger partial charge on any atom is 0.356 e. The van der Waals surface area contributed by atoms with Gasteiger partial charge in [0.25, 0.3) is 5.56 Å². The lowest BCUT2D eigenvalue weighted by Gasteiger charge is -2.21. The van der Waals surface area contributed by atoms with Gasteiger partial charge in [-0.25, -0.2) is 4.98 Å². The molecule has 4 N–H and O–H groups in total. The van der Waals surface area contributed by atoms with E-state index in [1.54, 1.807) is 13.8 Å². The zero-order valence-electron chi connectivity index (χ0n) is 14.0. The van der Waals surface area contributed by atoms with Gasteiger partial charge in [-0.3, -0.25) is 14.3 Å². The van der Waals surface area contributed by atoms with Gasteiger partial charge in [-0.15, -0.1) is 0 Å².